The predicted octanol–water partition coefficient (Wildman–Crippen LogP) is 2.74. The molecular weight excluding hydrogens is 312 g/mol. The van der Waals surface area contributed by atoms with Crippen LogP contribution in [0.4, 0.5) is 0 Å². The van der Waals surface area contributed by atoms with Crippen LogP contribution in [-0.2, 0) is 9.53 Å². The van der Waals surface area contributed by atoms with E-state index in [4.69, 9.17) is 0 Å². The van der Waals surface area contributed by atoms with Gasteiger partial charge in [0.05, 0.1) is 7.11 Å². The molecule has 0 atom stereocenters. The number of esters is 1. The molecule has 0 heterocycles. The van der Waals surface area contributed by atoms with Crippen molar-refractivity contribution in [2.24, 2.45) is 0 Å². The number of ether oxygens (including phenoxy) is 1. The number of rotatable bonds is 0. The molecule has 4 heteroatoms. The fourth-order valence-corrected chi connectivity index (χ4v) is 1.91. The van der Waals surface area contributed by atoms with E-state index in [0.29, 0.717) is 0 Å². The fraction of sp³-hybridized carbons (Fsp3) is 0.100. The van der Waals surface area contributed by atoms with Crippen LogP contribution >= 0.6 is 31.9 Å². The fourth-order valence-electron chi connectivity index (χ4n) is 0.760. The third kappa shape index (κ3) is 3.17. The van der Waals surface area contributed by atoms with Crippen molar-refractivity contribution >= 4 is 37.8 Å². The molecule has 1 aromatic rings. The normalized spacial score (nSPS) is 8.79. The van der Waals surface area contributed by atoms with Crippen LogP contribution in [0.3, 0.4) is 0 Å². The molecule has 0 saturated heterocycles. The Labute approximate surface area is 98.9 Å². The number of carbonyl (C=O) groups is 1. The Balaban J connectivity index is 2.96. The van der Waals surface area contributed by atoms with E-state index in [1.54, 1.807) is 0 Å². The van der Waals surface area contributed by atoms with Crippen molar-refractivity contribution in [3.63, 3.8) is 0 Å². The molecule has 1 rings (SSSR count). The van der Waals surface area contributed by atoms with Gasteiger partial charge in [-0.1, -0.05) is 21.9 Å². The Hall–Kier alpha value is -0.790. The van der Waals surface area contributed by atoms with Gasteiger partial charge in [-0.25, -0.2) is 4.79 Å². The van der Waals surface area contributed by atoms with Crippen molar-refractivity contribution in [2.75, 3.05) is 7.11 Å². The second-order valence-corrected chi connectivity index (χ2v) is 4.14. The molecule has 0 radical (unpaired) electrons. The van der Waals surface area contributed by atoms with E-state index in [2.05, 4.69) is 48.4 Å². The molecule has 72 valence electrons. The lowest BCUT2D eigenvalue weighted by atomic mass is 10.2. The second kappa shape index (κ2) is 5.18. The average molecular weight is 318 g/mol. The predicted molar refractivity (Wildman–Crippen MR) is 60.7 cm³/mol. The average Bonchev–Trinajstić information content (AvgIpc) is 2.16. The molecule has 0 amide bonds. The Bertz CT molecular complexity index is 416. The van der Waals surface area contributed by atoms with Crippen LogP contribution in [0.2, 0.25) is 0 Å². The van der Waals surface area contributed by atoms with Crippen LogP contribution in [-0.4, -0.2) is 13.1 Å². The maximum Gasteiger partial charge on any atom is 0.384 e. The number of hydrogen-bond donors (Lipinski definition) is 0. The lowest BCUT2D eigenvalue weighted by Gasteiger charge is -1.95. The summed E-state index contributed by atoms with van der Waals surface area (Å²) in [4.78, 5) is 10.7. The van der Waals surface area contributed by atoms with Gasteiger partial charge in [0.15, 0.2) is 0 Å². The summed E-state index contributed by atoms with van der Waals surface area (Å²) in [6, 6.07) is 5.53. The van der Waals surface area contributed by atoms with Crippen molar-refractivity contribution in [3.8, 4) is 11.8 Å². The van der Waals surface area contributed by atoms with E-state index in [-0.39, 0.29) is 0 Å². The summed E-state index contributed by atoms with van der Waals surface area (Å²) in [5.74, 6) is 4.51. The highest BCUT2D eigenvalue weighted by Crippen LogP contribution is 2.20. The van der Waals surface area contributed by atoms with E-state index >= 15 is 0 Å². The number of carbonyl (C=O) groups excluding carboxylic acids is 1. The van der Waals surface area contributed by atoms with Gasteiger partial charge in [0, 0.05) is 20.4 Å². The zero-order valence-electron chi connectivity index (χ0n) is 7.30. The van der Waals surface area contributed by atoms with E-state index in [1.807, 2.05) is 18.2 Å². The zero-order valence-corrected chi connectivity index (χ0v) is 10.5. The monoisotopic (exact) mass is 316 g/mol. The molecular formula is C10H6Br2O2. The molecule has 2 nitrogen and oxygen atoms in total. The van der Waals surface area contributed by atoms with Crippen molar-refractivity contribution in [3.05, 3.63) is 32.7 Å². The van der Waals surface area contributed by atoms with Crippen LogP contribution in [0.5, 0.6) is 0 Å². The third-order valence-electron chi connectivity index (χ3n) is 1.42. The Morgan fingerprint density at radius 3 is 2.71 bits per heavy atom. The van der Waals surface area contributed by atoms with Crippen molar-refractivity contribution < 1.29 is 9.53 Å². The lowest BCUT2D eigenvalue weighted by molar-refractivity contribution is -0.133. The van der Waals surface area contributed by atoms with Crippen molar-refractivity contribution in [2.45, 2.75) is 0 Å². The van der Waals surface area contributed by atoms with Gasteiger partial charge in [0.2, 0.25) is 0 Å². The van der Waals surface area contributed by atoms with Gasteiger partial charge >= 0.3 is 5.97 Å². The van der Waals surface area contributed by atoms with Gasteiger partial charge in [-0.2, -0.15) is 0 Å². The van der Waals surface area contributed by atoms with E-state index in [0.717, 1.165) is 14.5 Å². The highest BCUT2D eigenvalue weighted by atomic mass is 79.9. The minimum Gasteiger partial charge on any atom is -0.459 e. The van der Waals surface area contributed by atoms with Crippen molar-refractivity contribution in [1.29, 1.82) is 0 Å². The zero-order chi connectivity index (χ0) is 10.6. The van der Waals surface area contributed by atoms with Gasteiger partial charge in [0.25, 0.3) is 0 Å². The SMILES string of the molecule is COC(=O)C#Cc1ccc(Br)cc1Br. The molecule has 0 spiro atoms. The van der Waals surface area contributed by atoms with E-state index in [1.165, 1.54) is 7.11 Å². The highest BCUT2D eigenvalue weighted by molar-refractivity contribution is 9.11. The van der Waals surface area contributed by atoms with Gasteiger partial charge in [-0.3, -0.25) is 0 Å². The molecule has 14 heavy (non-hydrogen) atoms. The second-order valence-electron chi connectivity index (χ2n) is 2.37. The summed E-state index contributed by atoms with van der Waals surface area (Å²) in [5.41, 5.74) is 0.749. The van der Waals surface area contributed by atoms with E-state index in [9.17, 15) is 4.79 Å². The summed E-state index contributed by atoms with van der Waals surface area (Å²) < 4.78 is 6.19. The van der Waals surface area contributed by atoms with Crippen LogP contribution in [0.1, 0.15) is 5.56 Å². The number of methoxy groups -OCH3 is 1. The summed E-state index contributed by atoms with van der Waals surface area (Å²) in [6.07, 6.45) is 0. The van der Waals surface area contributed by atoms with E-state index < -0.39 is 5.97 Å². The van der Waals surface area contributed by atoms with Gasteiger partial charge in [-0.05, 0) is 34.1 Å². The van der Waals surface area contributed by atoms with Gasteiger partial charge in [0.1, 0.15) is 0 Å². The van der Waals surface area contributed by atoms with Crippen LogP contribution in [0.25, 0.3) is 0 Å². The van der Waals surface area contributed by atoms with Crippen molar-refractivity contribution in [1.82, 2.24) is 0 Å². The largest absolute Gasteiger partial charge is 0.459 e. The maximum atomic E-state index is 10.7. The molecule has 0 saturated carbocycles. The smallest absolute Gasteiger partial charge is 0.384 e. The molecule has 0 aliphatic heterocycles. The summed E-state index contributed by atoms with van der Waals surface area (Å²) in [5, 5.41) is 0. The quantitative estimate of drug-likeness (QED) is 0.543. The first-order valence-corrected chi connectivity index (χ1v) is 5.27. The summed E-state index contributed by atoms with van der Waals surface area (Å²) in [7, 11) is 1.30. The molecule has 0 unspecified atom stereocenters. The van der Waals surface area contributed by atoms with Crippen LogP contribution in [0.15, 0.2) is 27.1 Å². The minimum atomic E-state index is -0.542. The number of halogens is 2. The summed E-state index contributed by atoms with van der Waals surface area (Å²) in [6.45, 7) is 0. The Morgan fingerprint density at radius 2 is 2.14 bits per heavy atom. The summed E-state index contributed by atoms with van der Waals surface area (Å²) >= 11 is 6.65. The first kappa shape index (κ1) is 11.3. The first-order valence-electron chi connectivity index (χ1n) is 3.68. The van der Waals surface area contributed by atoms with Gasteiger partial charge < -0.3 is 4.74 Å². The van der Waals surface area contributed by atoms with Crippen LogP contribution < -0.4 is 0 Å². The number of benzene rings is 1. The molecule has 0 bridgehead atoms. The topological polar surface area (TPSA) is 26.3 Å². The van der Waals surface area contributed by atoms with Crippen LogP contribution in [0, 0.1) is 11.8 Å². The first-order chi connectivity index (χ1) is 6.63. The maximum absolute atomic E-state index is 10.7. The number of hydrogen-bond acceptors (Lipinski definition) is 2. The standard InChI is InChI=1S/C10H6Br2O2/c1-14-10(13)5-3-7-2-4-8(11)6-9(7)12/h2,4,6H,1H3. The Kier molecular flexibility index (Phi) is 4.18. The third-order valence-corrected chi connectivity index (χ3v) is 2.57. The molecule has 0 aliphatic rings. The molecule has 0 aliphatic carbocycles. The molecule has 0 fully saturated rings. The Morgan fingerprint density at radius 1 is 1.43 bits per heavy atom. The lowest BCUT2D eigenvalue weighted by Crippen LogP contribution is -1.94. The molecule has 0 N–H and O–H groups in total. The minimum absolute atomic E-state index is 0.542. The van der Waals surface area contributed by atoms with Gasteiger partial charge in [-0.15, -0.1) is 0 Å². The highest BCUT2D eigenvalue weighted by Gasteiger charge is 1.97. The molecule has 0 aromatic heterocycles. The molecule has 1 aromatic carbocycles.